The molecule has 32 heavy (non-hydrogen) atoms. The molecular weight excluding hydrogens is 410 g/mol. The number of hydrogen-bond acceptors (Lipinski definition) is 7. The normalized spacial score (nSPS) is 11.2. The van der Waals surface area contributed by atoms with E-state index in [-0.39, 0.29) is 24.5 Å². The second-order valence-corrected chi connectivity index (χ2v) is 8.38. The highest BCUT2D eigenvalue weighted by molar-refractivity contribution is 5.77. The maximum absolute atomic E-state index is 12.5. The van der Waals surface area contributed by atoms with Crippen LogP contribution >= 0.6 is 0 Å². The van der Waals surface area contributed by atoms with Crippen LogP contribution < -0.4 is 14.2 Å². The van der Waals surface area contributed by atoms with Crippen molar-refractivity contribution in [2.45, 2.75) is 32.7 Å². The van der Waals surface area contributed by atoms with Gasteiger partial charge < -0.3 is 23.5 Å². The van der Waals surface area contributed by atoms with Crippen LogP contribution in [0.3, 0.4) is 0 Å². The van der Waals surface area contributed by atoms with Crippen molar-refractivity contribution in [3.63, 3.8) is 0 Å². The minimum absolute atomic E-state index is 0.0639. The van der Waals surface area contributed by atoms with E-state index in [4.69, 9.17) is 18.6 Å². The third-order valence-corrected chi connectivity index (χ3v) is 4.98. The van der Waals surface area contributed by atoms with Crippen LogP contribution in [0.2, 0.25) is 0 Å². The van der Waals surface area contributed by atoms with E-state index in [0.717, 1.165) is 0 Å². The molecule has 0 N–H and O–H groups in total. The maximum Gasteiger partial charge on any atom is 0.260 e. The van der Waals surface area contributed by atoms with E-state index in [1.165, 1.54) is 10.5 Å². The number of nitrogens with zero attached hydrogens (tertiary/aromatic N) is 3. The Morgan fingerprint density at radius 3 is 2.31 bits per heavy atom. The molecule has 1 amide bonds. The zero-order valence-corrected chi connectivity index (χ0v) is 19.3. The molecule has 0 radical (unpaired) electrons. The van der Waals surface area contributed by atoms with Crippen LogP contribution in [0.5, 0.6) is 17.2 Å². The smallest absolute Gasteiger partial charge is 0.260 e. The summed E-state index contributed by atoms with van der Waals surface area (Å²) in [6, 6.07) is 13.1. The van der Waals surface area contributed by atoms with Crippen molar-refractivity contribution in [1.29, 1.82) is 0 Å². The highest BCUT2D eigenvalue weighted by Crippen LogP contribution is 2.31. The highest BCUT2D eigenvalue weighted by Gasteiger charge is 2.17. The molecule has 0 atom stereocenters. The molecule has 3 aromatic rings. The second kappa shape index (κ2) is 9.72. The molecule has 0 aliphatic carbocycles. The molecule has 0 bridgehead atoms. The van der Waals surface area contributed by atoms with Gasteiger partial charge in [-0.2, -0.15) is 0 Å². The summed E-state index contributed by atoms with van der Waals surface area (Å²) >= 11 is 0. The lowest BCUT2D eigenvalue weighted by Gasteiger charge is -2.19. The number of rotatable bonds is 8. The average Bonchev–Trinajstić information content (AvgIpc) is 3.25. The van der Waals surface area contributed by atoms with Crippen molar-refractivity contribution in [3.8, 4) is 28.7 Å². The first-order valence-corrected chi connectivity index (χ1v) is 10.2. The minimum atomic E-state index is -0.198. The zero-order chi connectivity index (χ0) is 23.3. The number of amides is 1. The number of carbonyl (C=O) groups excluding carboxylic acids is 1. The van der Waals surface area contributed by atoms with Crippen molar-refractivity contribution in [2.24, 2.45) is 0 Å². The summed E-state index contributed by atoms with van der Waals surface area (Å²) in [5.41, 5.74) is 1.96. The first-order chi connectivity index (χ1) is 15.2. The predicted molar refractivity (Wildman–Crippen MR) is 120 cm³/mol. The van der Waals surface area contributed by atoms with Gasteiger partial charge in [0.15, 0.2) is 18.1 Å². The summed E-state index contributed by atoms with van der Waals surface area (Å²) in [5, 5.41) is 8.11. The molecule has 2 aromatic carbocycles. The Balaban J connectivity index is 1.57. The number of benzene rings is 2. The van der Waals surface area contributed by atoms with E-state index >= 15 is 0 Å². The van der Waals surface area contributed by atoms with E-state index in [0.29, 0.717) is 34.6 Å². The number of likely N-dealkylation sites (N-methyl/N-ethyl adjacent to an activating group) is 1. The van der Waals surface area contributed by atoms with Crippen LogP contribution in [-0.4, -0.2) is 48.9 Å². The predicted octanol–water partition coefficient (Wildman–Crippen LogP) is 4.09. The molecule has 1 heterocycles. The van der Waals surface area contributed by atoms with Gasteiger partial charge in [0.2, 0.25) is 11.8 Å². The first-order valence-electron chi connectivity index (χ1n) is 10.2. The van der Waals surface area contributed by atoms with Gasteiger partial charge in [0.25, 0.3) is 5.91 Å². The van der Waals surface area contributed by atoms with E-state index < -0.39 is 0 Å². The number of carbonyl (C=O) groups is 1. The molecule has 1 aromatic heterocycles. The SMILES string of the molecule is COc1ccc(-c2nnc(CN(C)C(=O)COc3ccc(C(C)(C)C)cc3)o2)cc1OC. The minimum Gasteiger partial charge on any atom is -0.493 e. The van der Waals surface area contributed by atoms with Crippen molar-refractivity contribution in [3.05, 3.63) is 53.9 Å². The number of aromatic nitrogens is 2. The third-order valence-electron chi connectivity index (χ3n) is 4.98. The van der Waals surface area contributed by atoms with Gasteiger partial charge in [-0.25, -0.2) is 0 Å². The van der Waals surface area contributed by atoms with Gasteiger partial charge in [-0.15, -0.1) is 10.2 Å². The lowest BCUT2D eigenvalue weighted by molar-refractivity contribution is -0.132. The fourth-order valence-corrected chi connectivity index (χ4v) is 3.00. The maximum atomic E-state index is 12.5. The number of ether oxygens (including phenoxy) is 3. The Labute approximate surface area is 188 Å². The van der Waals surface area contributed by atoms with E-state index in [9.17, 15) is 4.79 Å². The zero-order valence-electron chi connectivity index (χ0n) is 19.3. The van der Waals surface area contributed by atoms with Crippen molar-refractivity contribution in [1.82, 2.24) is 15.1 Å². The van der Waals surface area contributed by atoms with E-state index in [2.05, 4.69) is 31.0 Å². The molecule has 0 saturated heterocycles. The fourth-order valence-electron chi connectivity index (χ4n) is 3.00. The Morgan fingerprint density at radius 1 is 1.00 bits per heavy atom. The van der Waals surface area contributed by atoms with Crippen LogP contribution in [0.25, 0.3) is 11.5 Å². The van der Waals surface area contributed by atoms with Crippen molar-refractivity contribution in [2.75, 3.05) is 27.9 Å². The highest BCUT2D eigenvalue weighted by atomic mass is 16.5. The molecule has 0 aliphatic heterocycles. The molecular formula is C24H29N3O5. The first kappa shape index (κ1) is 23.1. The number of methoxy groups -OCH3 is 2. The molecule has 8 nitrogen and oxygen atoms in total. The Bertz CT molecular complexity index is 1050. The van der Waals surface area contributed by atoms with E-state index in [1.807, 2.05) is 24.3 Å². The van der Waals surface area contributed by atoms with Gasteiger partial charge >= 0.3 is 0 Å². The quantitative estimate of drug-likeness (QED) is 0.522. The Morgan fingerprint density at radius 2 is 1.69 bits per heavy atom. The molecule has 3 rings (SSSR count). The largest absolute Gasteiger partial charge is 0.493 e. The van der Waals surface area contributed by atoms with Crippen LogP contribution in [0.1, 0.15) is 32.2 Å². The summed E-state index contributed by atoms with van der Waals surface area (Å²) in [6.45, 7) is 6.54. The summed E-state index contributed by atoms with van der Waals surface area (Å²) in [4.78, 5) is 13.9. The number of hydrogen-bond donors (Lipinski definition) is 0. The van der Waals surface area contributed by atoms with Gasteiger partial charge in [0.05, 0.1) is 20.8 Å². The molecule has 0 saturated carbocycles. The fraction of sp³-hybridized carbons (Fsp3) is 0.375. The molecule has 0 fully saturated rings. The van der Waals surface area contributed by atoms with Crippen LogP contribution in [0.15, 0.2) is 46.9 Å². The molecule has 0 unspecified atom stereocenters. The van der Waals surface area contributed by atoms with Crippen molar-refractivity contribution >= 4 is 5.91 Å². The van der Waals surface area contributed by atoms with Crippen LogP contribution in [-0.2, 0) is 16.8 Å². The van der Waals surface area contributed by atoms with Gasteiger partial charge in [-0.05, 0) is 41.3 Å². The second-order valence-electron chi connectivity index (χ2n) is 8.38. The van der Waals surface area contributed by atoms with Crippen molar-refractivity contribution < 1.29 is 23.4 Å². The monoisotopic (exact) mass is 439 g/mol. The third kappa shape index (κ3) is 5.57. The van der Waals surface area contributed by atoms with Crippen LogP contribution in [0.4, 0.5) is 0 Å². The van der Waals surface area contributed by atoms with Gasteiger partial charge in [0, 0.05) is 12.6 Å². The molecule has 0 spiro atoms. The summed E-state index contributed by atoms with van der Waals surface area (Å²) in [5.74, 6) is 2.26. The standard InChI is InChI=1S/C24H29N3O5/c1-24(2,3)17-8-10-18(11-9-17)31-15-22(28)27(4)14-21-25-26-23(32-21)16-7-12-19(29-5)20(13-16)30-6/h7-13H,14-15H2,1-6H3. The van der Waals surface area contributed by atoms with Gasteiger partial charge in [-0.3, -0.25) is 4.79 Å². The summed E-state index contributed by atoms with van der Waals surface area (Å²) in [6.07, 6.45) is 0. The summed E-state index contributed by atoms with van der Waals surface area (Å²) in [7, 11) is 4.79. The lowest BCUT2D eigenvalue weighted by Crippen LogP contribution is -2.31. The van der Waals surface area contributed by atoms with Crippen LogP contribution in [0, 0.1) is 0 Å². The van der Waals surface area contributed by atoms with Gasteiger partial charge in [0.1, 0.15) is 5.75 Å². The van der Waals surface area contributed by atoms with E-state index in [1.54, 1.807) is 39.5 Å². The topological polar surface area (TPSA) is 86.9 Å². The lowest BCUT2D eigenvalue weighted by atomic mass is 9.87. The molecule has 170 valence electrons. The average molecular weight is 440 g/mol. The van der Waals surface area contributed by atoms with Gasteiger partial charge in [-0.1, -0.05) is 32.9 Å². The summed E-state index contributed by atoms with van der Waals surface area (Å²) < 4.78 is 21.9. The molecule has 8 heteroatoms. The Hall–Kier alpha value is -3.55. The Kier molecular flexibility index (Phi) is 7.02. The molecule has 0 aliphatic rings.